The highest BCUT2D eigenvalue weighted by molar-refractivity contribution is 6.18. The molecule has 1 saturated heterocycles. The van der Waals surface area contributed by atoms with Gasteiger partial charge in [-0.15, -0.1) is 0 Å². The van der Waals surface area contributed by atoms with Crippen LogP contribution in [-0.2, 0) is 10.2 Å². The number of anilines is 1. The maximum atomic E-state index is 15.0. The molecule has 4 aromatic carbocycles. The standard InChI is InChI=1S/C36H25N3O3/c40-32(24-16-19-37-20-17-24)30-31(33(41)27-13-7-10-22-8-1-3-11-25(22)27)39-21-18-23-9-2-4-12-26(23)34(39)36(30)28-14-5-6-15-29(28)38-35(36)42/h1-21,30-31,34H,(H,38,42). The quantitative estimate of drug-likeness (QED) is 0.271. The van der Waals surface area contributed by atoms with Crippen molar-refractivity contribution < 1.29 is 14.4 Å². The van der Waals surface area contributed by atoms with Gasteiger partial charge in [0.05, 0.1) is 12.0 Å². The second-order valence-corrected chi connectivity index (χ2v) is 11.1. The number of benzene rings is 4. The Labute approximate surface area is 242 Å². The van der Waals surface area contributed by atoms with Crippen LogP contribution < -0.4 is 5.32 Å². The van der Waals surface area contributed by atoms with Crippen molar-refractivity contribution in [2.75, 3.05) is 5.32 Å². The number of carbonyl (C=O) groups excluding carboxylic acids is 3. The molecule has 5 aromatic rings. The lowest BCUT2D eigenvalue weighted by Gasteiger charge is -2.38. The molecule has 42 heavy (non-hydrogen) atoms. The molecule has 4 heterocycles. The van der Waals surface area contributed by atoms with Crippen LogP contribution in [0.1, 0.15) is 43.4 Å². The van der Waals surface area contributed by atoms with Crippen molar-refractivity contribution in [1.82, 2.24) is 9.88 Å². The van der Waals surface area contributed by atoms with Crippen molar-refractivity contribution >= 4 is 40.0 Å². The first-order chi connectivity index (χ1) is 20.6. The third kappa shape index (κ3) is 3.20. The molecule has 1 fully saturated rings. The Morgan fingerprint density at radius 2 is 1.52 bits per heavy atom. The first-order valence-corrected chi connectivity index (χ1v) is 14.0. The molecule has 0 radical (unpaired) electrons. The van der Waals surface area contributed by atoms with Gasteiger partial charge in [-0.2, -0.15) is 0 Å². The van der Waals surface area contributed by atoms with Gasteiger partial charge >= 0.3 is 0 Å². The summed E-state index contributed by atoms with van der Waals surface area (Å²) in [6, 6.07) is 30.7. The molecular weight excluding hydrogens is 522 g/mol. The van der Waals surface area contributed by atoms with Gasteiger partial charge in [0, 0.05) is 35.4 Å². The summed E-state index contributed by atoms with van der Waals surface area (Å²) < 4.78 is 0. The van der Waals surface area contributed by atoms with Gasteiger partial charge in [0.15, 0.2) is 11.6 Å². The number of para-hydroxylation sites is 1. The van der Waals surface area contributed by atoms with E-state index >= 15 is 0 Å². The lowest BCUT2D eigenvalue weighted by Crippen LogP contribution is -2.49. The number of rotatable bonds is 4. The molecule has 6 heteroatoms. The van der Waals surface area contributed by atoms with E-state index in [4.69, 9.17) is 0 Å². The number of fused-ring (bicyclic) bond motifs is 7. The Bertz CT molecular complexity index is 1960. The average molecular weight is 548 g/mol. The molecule has 4 unspecified atom stereocenters. The number of aromatic nitrogens is 1. The Morgan fingerprint density at radius 1 is 0.786 bits per heavy atom. The molecule has 6 nitrogen and oxygen atoms in total. The molecule has 0 saturated carbocycles. The van der Waals surface area contributed by atoms with E-state index in [-0.39, 0.29) is 17.5 Å². The van der Waals surface area contributed by atoms with Gasteiger partial charge in [0.2, 0.25) is 5.91 Å². The zero-order valence-corrected chi connectivity index (χ0v) is 22.5. The van der Waals surface area contributed by atoms with Crippen LogP contribution >= 0.6 is 0 Å². The number of carbonyl (C=O) groups is 3. The number of nitrogens with zero attached hydrogens (tertiary/aromatic N) is 2. The van der Waals surface area contributed by atoms with Gasteiger partial charge in [-0.1, -0.05) is 84.9 Å². The summed E-state index contributed by atoms with van der Waals surface area (Å²) in [7, 11) is 0. The fourth-order valence-electron chi connectivity index (χ4n) is 7.46. The molecule has 0 aliphatic carbocycles. The first kappa shape index (κ1) is 24.4. The molecule has 3 aliphatic rings. The Hall–Kier alpha value is -5.36. The number of hydrogen-bond donors (Lipinski definition) is 1. The van der Waals surface area contributed by atoms with Crippen molar-refractivity contribution in [2.45, 2.75) is 17.5 Å². The minimum absolute atomic E-state index is 0.192. The summed E-state index contributed by atoms with van der Waals surface area (Å²) >= 11 is 0. The second-order valence-electron chi connectivity index (χ2n) is 11.1. The van der Waals surface area contributed by atoms with E-state index in [1.165, 1.54) is 0 Å². The first-order valence-electron chi connectivity index (χ1n) is 14.0. The number of ketones is 2. The molecule has 1 spiro atoms. The topological polar surface area (TPSA) is 79.4 Å². The van der Waals surface area contributed by atoms with Crippen LogP contribution in [0.15, 0.2) is 122 Å². The maximum absolute atomic E-state index is 15.0. The minimum atomic E-state index is -1.36. The van der Waals surface area contributed by atoms with Gasteiger partial charge < -0.3 is 10.2 Å². The Morgan fingerprint density at radius 3 is 2.40 bits per heavy atom. The number of pyridine rings is 1. The lowest BCUT2D eigenvalue weighted by atomic mass is 9.62. The lowest BCUT2D eigenvalue weighted by molar-refractivity contribution is -0.122. The van der Waals surface area contributed by atoms with Crippen molar-refractivity contribution in [3.8, 4) is 0 Å². The fourth-order valence-corrected chi connectivity index (χ4v) is 7.46. The zero-order chi connectivity index (χ0) is 28.4. The summed E-state index contributed by atoms with van der Waals surface area (Å²) in [4.78, 5) is 50.4. The van der Waals surface area contributed by atoms with E-state index in [0.29, 0.717) is 16.8 Å². The van der Waals surface area contributed by atoms with Crippen LogP contribution in [0.25, 0.3) is 16.8 Å². The summed E-state index contributed by atoms with van der Waals surface area (Å²) in [5, 5.41) is 4.85. The van der Waals surface area contributed by atoms with Crippen molar-refractivity contribution in [2.24, 2.45) is 5.92 Å². The summed E-state index contributed by atoms with van der Waals surface area (Å²) in [5.74, 6) is -1.74. The van der Waals surface area contributed by atoms with Crippen molar-refractivity contribution in [3.63, 3.8) is 0 Å². The molecule has 8 rings (SSSR count). The maximum Gasteiger partial charge on any atom is 0.238 e. The molecule has 202 valence electrons. The minimum Gasteiger partial charge on any atom is -0.358 e. The molecular formula is C36H25N3O3. The van der Waals surface area contributed by atoms with Gasteiger partial charge in [-0.05, 0) is 51.7 Å². The number of hydrogen-bond acceptors (Lipinski definition) is 5. The van der Waals surface area contributed by atoms with Crippen molar-refractivity contribution in [1.29, 1.82) is 0 Å². The van der Waals surface area contributed by atoms with Crippen LogP contribution in [0.5, 0.6) is 0 Å². The van der Waals surface area contributed by atoms with E-state index in [1.807, 2.05) is 108 Å². The Balaban J connectivity index is 1.45. The van der Waals surface area contributed by atoms with Crippen LogP contribution in [0.4, 0.5) is 5.69 Å². The SMILES string of the molecule is O=C(c1cccc2ccccc12)C1C(C(=O)c2ccncc2)C2(C(=O)Nc3ccccc32)C2c3ccccc3C=CN12. The average Bonchev–Trinajstić information content (AvgIpc) is 3.52. The van der Waals surface area contributed by atoms with Crippen LogP contribution in [0.3, 0.4) is 0 Å². The normalized spacial score (nSPS) is 23.4. The van der Waals surface area contributed by atoms with Gasteiger partial charge in [-0.25, -0.2) is 0 Å². The summed E-state index contributed by atoms with van der Waals surface area (Å²) in [5.41, 5.74) is 2.86. The van der Waals surface area contributed by atoms with Gasteiger partial charge in [-0.3, -0.25) is 19.4 Å². The highest BCUT2D eigenvalue weighted by atomic mass is 16.2. The van der Waals surface area contributed by atoms with E-state index in [2.05, 4.69) is 10.3 Å². The van der Waals surface area contributed by atoms with Crippen molar-refractivity contribution in [3.05, 3.63) is 150 Å². The predicted molar refractivity (Wildman–Crippen MR) is 161 cm³/mol. The number of amides is 1. The van der Waals surface area contributed by atoms with Crippen LogP contribution in [-0.4, -0.2) is 33.4 Å². The number of nitrogens with one attached hydrogen (secondary N) is 1. The van der Waals surface area contributed by atoms with E-state index < -0.39 is 23.4 Å². The highest BCUT2D eigenvalue weighted by Crippen LogP contribution is 2.62. The summed E-state index contributed by atoms with van der Waals surface area (Å²) in [6.45, 7) is 0. The molecule has 1 amide bonds. The van der Waals surface area contributed by atoms with E-state index in [9.17, 15) is 14.4 Å². The zero-order valence-electron chi connectivity index (χ0n) is 22.5. The molecule has 0 bridgehead atoms. The van der Waals surface area contributed by atoms with Gasteiger partial charge in [0.25, 0.3) is 0 Å². The molecule has 3 aliphatic heterocycles. The van der Waals surface area contributed by atoms with E-state index in [1.54, 1.807) is 24.5 Å². The smallest absolute Gasteiger partial charge is 0.238 e. The Kier molecular flexibility index (Phi) is 5.28. The third-order valence-electron chi connectivity index (χ3n) is 9.14. The highest BCUT2D eigenvalue weighted by Gasteiger charge is 2.70. The number of Topliss-reactive ketones (excluding diaryl/α,β-unsaturated/α-hetero) is 2. The fraction of sp³-hybridized carbons (Fsp3) is 0.111. The molecule has 1 aromatic heterocycles. The molecule has 1 N–H and O–H groups in total. The second kappa shape index (κ2) is 9.08. The third-order valence-corrected chi connectivity index (χ3v) is 9.14. The summed E-state index contributed by atoms with van der Waals surface area (Å²) in [6.07, 6.45) is 7.01. The molecule has 4 atom stereocenters. The predicted octanol–water partition coefficient (Wildman–Crippen LogP) is 6.22. The van der Waals surface area contributed by atoms with Crippen LogP contribution in [0.2, 0.25) is 0 Å². The van der Waals surface area contributed by atoms with Gasteiger partial charge in [0.1, 0.15) is 11.5 Å². The van der Waals surface area contributed by atoms with E-state index in [0.717, 1.165) is 27.5 Å². The monoisotopic (exact) mass is 547 g/mol. The van der Waals surface area contributed by atoms with Crippen LogP contribution in [0, 0.1) is 5.92 Å². The largest absolute Gasteiger partial charge is 0.358 e.